The van der Waals surface area contributed by atoms with Crippen molar-refractivity contribution in [2.45, 2.75) is 32.2 Å². The Kier molecular flexibility index (Phi) is 1.56. The molecular formula is C10H14N2. The van der Waals surface area contributed by atoms with Crippen molar-refractivity contribution in [3.8, 4) is 0 Å². The lowest BCUT2D eigenvalue weighted by atomic mass is 10.2. The molecule has 0 atom stereocenters. The first-order valence-corrected chi connectivity index (χ1v) is 4.38. The summed E-state index contributed by atoms with van der Waals surface area (Å²) in [4.78, 5) is 4.06. The van der Waals surface area contributed by atoms with Crippen molar-refractivity contribution in [2.24, 2.45) is 0 Å². The van der Waals surface area contributed by atoms with Crippen molar-refractivity contribution in [3.05, 3.63) is 24.0 Å². The van der Waals surface area contributed by atoms with E-state index in [4.69, 9.17) is 0 Å². The third-order valence-electron chi connectivity index (χ3n) is 2.46. The fraction of sp³-hybridized carbons (Fsp3) is 0.500. The third kappa shape index (κ3) is 1.42. The van der Waals surface area contributed by atoms with Crippen molar-refractivity contribution in [1.82, 2.24) is 4.98 Å². The van der Waals surface area contributed by atoms with Crippen LogP contribution >= 0.6 is 0 Å². The highest BCUT2D eigenvalue weighted by Crippen LogP contribution is 2.38. The third-order valence-corrected chi connectivity index (χ3v) is 2.46. The van der Waals surface area contributed by atoms with E-state index in [0.29, 0.717) is 5.54 Å². The Labute approximate surface area is 73.0 Å². The van der Waals surface area contributed by atoms with Crippen LogP contribution in [0.5, 0.6) is 0 Å². The van der Waals surface area contributed by atoms with Crippen molar-refractivity contribution in [3.63, 3.8) is 0 Å². The number of aryl methyl sites for hydroxylation is 1. The minimum Gasteiger partial charge on any atom is -0.380 e. The molecule has 1 saturated carbocycles. The molecule has 1 heterocycles. The summed E-state index contributed by atoms with van der Waals surface area (Å²) in [7, 11) is 0. The molecule has 2 rings (SSSR count). The SMILES string of the molecule is Cc1cnccc1NC1(C)CC1. The summed E-state index contributed by atoms with van der Waals surface area (Å²) in [5, 5.41) is 3.52. The molecule has 0 saturated heterocycles. The van der Waals surface area contributed by atoms with Gasteiger partial charge in [0, 0.05) is 23.6 Å². The molecule has 0 spiro atoms. The van der Waals surface area contributed by atoms with Crippen LogP contribution in [0.25, 0.3) is 0 Å². The second-order valence-electron chi connectivity index (χ2n) is 3.88. The average molecular weight is 162 g/mol. The number of nitrogens with zero attached hydrogens (tertiary/aromatic N) is 1. The van der Waals surface area contributed by atoms with Crippen molar-refractivity contribution in [2.75, 3.05) is 5.32 Å². The smallest absolute Gasteiger partial charge is 0.0404 e. The normalized spacial score (nSPS) is 18.8. The predicted octanol–water partition coefficient (Wildman–Crippen LogP) is 2.35. The second kappa shape index (κ2) is 2.47. The van der Waals surface area contributed by atoms with Crippen LogP contribution in [0.2, 0.25) is 0 Å². The molecule has 64 valence electrons. The summed E-state index contributed by atoms with van der Waals surface area (Å²) >= 11 is 0. The van der Waals surface area contributed by atoms with E-state index in [1.807, 2.05) is 18.5 Å². The van der Waals surface area contributed by atoms with Crippen molar-refractivity contribution < 1.29 is 0 Å². The molecule has 2 heteroatoms. The highest BCUT2D eigenvalue weighted by Gasteiger charge is 2.37. The maximum Gasteiger partial charge on any atom is 0.0404 e. The molecule has 1 aromatic rings. The van der Waals surface area contributed by atoms with E-state index in [1.54, 1.807) is 0 Å². The Hall–Kier alpha value is -1.05. The van der Waals surface area contributed by atoms with Gasteiger partial charge in [0.15, 0.2) is 0 Å². The van der Waals surface area contributed by atoms with Gasteiger partial charge in [0.1, 0.15) is 0 Å². The van der Waals surface area contributed by atoms with E-state index in [2.05, 4.69) is 24.1 Å². The molecule has 1 aliphatic carbocycles. The number of rotatable bonds is 2. The van der Waals surface area contributed by atoms with E-state index >= 15 is 0 Å². The minimum atomic E-state index is 0.367. The van der Waals surface area contributed by atoms with Crippen LogP contribution in [0.1, 0.15) is 25.3 Å². The lowest BCUT2D eigenvalue weighted by molar-refractivity contribution is 0.827. The van der Waals surface area contributed by atoms with E-state index in [9.17, 15) is 0 Å². The summed E-state index contributed by atoms with van der Waals surface area (Å²) in [6.07, 6.45) is 6.30. The molecule has 0 bridgehead atoms. The average Bonchev–Trinajstić information content (AvgIpc) is 2.74. The molecule has 0 radical (unpaired) electrons. The van der Waals surface area contributed by atoms with Gasteiger partial charge in [-0.2, -0.15) is 0 Å². The maximum atomic E-state index is 4.06. The zero-order valence-corrected chi connectivity index (χ0v) is 7.59. The van der Waals surface area contributed by atoms with Crippen LogP contribution in [-0.4, -0.2) is 10.5 Å². The number of pyridine rings is 1. The Balaban J connectivity index is 2.17. The molecule has 1 aromatic heterocycles. The predicted molar refractivity (Wildman–Crippen MR) is 50.2 cm³/mol. The van der Waals surface area contributed by atoms with E-state index in [0.717, 1.165) is 0 Å². The largest absolute Gasteiger partial charge is 0.380 e. The zero-order valence-electron chi connectivity index (χ0n) is 7.59. The molecule has 0 amide bonds. The van der Waals surface area contributed by atoms with Crippen LogP contribution in [-0.2, 0) is 0 Å². The van der Waals surface area contributed by atoms with Crippen molar-refractivity contribution in [1.29, 1.82) is 0 Å². The number of hydrogen-bond acceptors (Lipinski definition) is 2. The number of hydrogen-bond donors (Lipinski definition) is 1. The van der Waals surface area contributed by atoms with E-state index < -0.39 is 0 Å². The van der Waals surface area contributed by atoms with Crippen molar-refractivity contribution >= 4 is 5.69 Å². The first-order chi connectivity index (χ1) is 5.70. The van der Waals surface area contributed by atoms with E-state index in [-0.39, 0.29) is 0 Å². The molecule has 1 aliphatic rings. The van der Waals surface area contributed by atoms with Gasteiger partial charge < -0.3 is 5.32 Å². The quantitative estimate of drug-likeness (QED) is 0.722. The fourth-order valence-electron chi connectivity index (χ4n) is 1.25. The lowest BCUT2D eigenvalue weighted by Gasteiger charge is -2.14. The highest BCUT2D eigenvalue weighted by atomic mass is 15.0. The van der Waals surface area contributed by atoms with Crippen LogP contribution in [0, 0.1) is 6.92 Å². The molecule has 0 aliphatic heterocycles. The van der Waals surface area contributed by atoms with Crippen LogP contribution in [0.4, 0.5) is 5.69 Å². The summed E-state index contributed by atoms with van der Waals surface area (Å²) in [6.45, 7) is 4.34. The van der Waals surface area contributed by atoms with E-state index in [1.165, 1.54) is 24.1 Å². The Morgan fingerprint density at radius 2 is 2.25 bits per heavy atom. The standard InChI is InChI=1S/C10H14N2/c1-8-7-11-6-3-9(8)12-10(2)4-5-10/h3,6-7H,4-5H2,1-2H3,(H,11,12). The topological polar surface area (TPSA) is 24.9 Å². The van der Waals surface area contributed by atoms with Gasteiger partial charge in [-0.3, -0.25) is 4.98 Å². The second-order valence-corrected chi connectivity index (χ2v) is 3.88. The van der Waals surface area contributed by atoms with Gasteiger partial charge in [-0.25, -0.2) is 0 Å². The minimum absolute atomic E-state index is 0.367. The molecule has 0 aromatic carbocycles. The lowest BCUT2D eigenvalue weighted by Crippen LogP contribution is -2.16. The van der Waals surface area contributed by atoms with Gasteiger partial charge >= 0.3 is 0 Å². The molecule has 1 fully saturated rings. The van der Waals surface area contributed by atoms with Crippen LogP contribution < -0.4 is 5.32 Å². The first kappa shape index (κ1) is 7.59. The number of nitrogens with one attached hydrogen (secondary N) is 1. The van der Waals surface area contributed by atoms with Gasteiger partial charge in [-0.05, 0) is 38.3 Å². The van der Waals surface area contributed by atoms with Crippen LogP contribution in [0.15, 0.2) is 18.5 Å². The molecule has 2 nitrogen and oxygen atoms in total. The highest BCUT2D eigenvalue weighted by molar-refractivity contribution is 5.51. The zero-order chi connectivity index (χ0) is 8.60. The fourth-order valence-corrected chi connectivity index (χ4v) is 1.25. The summed E-state index contributed by atoms with van der Waals surface area (Å²) in [5.74, 6) is 0. The summed E-state index contributed by atoms with van der Waals surface area (Å²) in [5.41, 5.74) is 2.82. The van der Waals surface area contributed by atoms with Gasteiger partial charge in [-0.1, -0.05) is 0 Å². The van der Waals surface area contributed by atoms with Gasteiger partial charge in [0.2, 0.25) is 0 Å². The summed E-state index contributed by atoms with van der Waals surface area (Å²) < 4.78 is 0. The number of anilines is 1. The maximum absolute atomic E-state index is 4.06. The van der Waals surface area contributed by atoms with Gasteiger partial charge in [0.05, 0.1) is 0 Å². The Morgan fingerprint density at radius 3 is 2.83 bits per heavy atom. The van der Waals surface area contributed by atoms with Gasteiger partial charge in [-0.15, -0.1) is 0 Å². The van der Waals surface area contributed by atoms with Gasteiger partial charge in [0.25, 0.3) is 0 Å². The number of aromatic nitrogens is 1. The first-order valence-electron chi connectivity index (χ1n) is 4.38. The molecular weight excluding hydrogens is 148 g/mol. The Bertz CT molecular complexity index is 290. The van der Waals surface area contributed by atoms with Crippen LogP contribution in [0.3, 0.4) is 0 Å². The molecule has 0 unspecified atom stereocenters. The monoisotopic (exact) mass is 162 g/mol. The molecule has 1 N–H and O–H groups in total. The molecule has 12 heavy (non-hydrogen) atoms. The summed E-state index contributed by atoms with van der Waals surface area (Å²) in [6, 6.07) is 2.04. The Morgan fingerprint density at radius 1 is 1.50 bits per heavy atom.